The second kappa shape index (κ2) is 8.90. The van der Waals surface area contributed by atoms with Crippen LogP contribution >= 0.6 is 0 Å². The van der Waals surface area contributed by atoms with Crippen molar-refractivity contribution in [2.24, 2.45) is 10.9 Å². The molecule has 202 valence electrons. The number of fused-ring (bicyclic) bond motifs is 6. The summed E-state index contributed by atoms with van der Waals surface area (Å²) in [6.45, 7) is 27.0. The van der Waals surface area contributed by atoms with E-state index in [0.717, 1.165) is 28.1 Å². The lowest BCUT2D eigenvalue weighted by Crippen LogP contribution is -2.21. The molecule has 0 amide bonds. The fraction of sp³-hybridized carbons (Fsp3) is 0.308. The Labute approximate surface area is 240 Å². The summed E-state index contributed by atoms with van der Waals surface area (Å²) >= 11 is 0. The van der Waals surface area contributed by atoms with Crippen molar-refractivity contribution in [3.63, 3.8) is 0 Å². The Bertz CT molecular complexity index is 1700. The van der Waals surface area contributed by atoms with Gasteiger partial charge in [0.2, 0.25) is 0 Å². The second-order valence-electron chi connectivity index (χ2n) is 13.3. The molecule has 6 rings (SSSR count). The van der Waals surface area contributed by atoms with Crippen LogP contribution < -0.4 is 0 Å². The average molecular weight is 524 g/mol. The van der Waals surface area contributed by atoms with Crippen molar-refractivity contribution in [3.8, 4) is 11.1 Å². The first-order chi connectivity index (χ1) is 18.8. The Hall–Kier alpha value is -3.71. The first-order valence-electron chi connectivity index (χ1n) is 14.6. The van der Waals surface area contributed by atoms with Crippen molar-refractivity contribution in [2.75, 3.05) is 0 Å². The summed E-state index contributed by atoms with van der Waals surface area (Å²) in [6, 6.07) is 20.1. The zero-order valence-electron chi connectivity index (χ0n) is 25.4. The maximum atomic E-state index is 4.93. The molecule has 3 aromatic rings. The molecule has 40 heavy (non-hydrogen) atoms. The number of benzene rings is 3. The molecule has 0 bridgehead atoms. The molecule has 0 heterocycles. The van der Waals surface area contributed by atoms with Crippen LogP contribution in [0.15, 0.2) is 102 Å². The molecular formula is C39H41N. The fourth-order valence-corrected chi connectivity index (χ4v) is 7.51. The lowest BCUT2D eigenvalue weighted by Gasteiger charge is -2.31. The summed E-state index contributed by atoms with van der Waals surface area (Å²) in [6.07, 6.45) is 4.85. The molecule has 0 N–H and O–H groups in total. The van der Waals surface area contributed by atoms with Crippen LogP contribution in [0, 0.1) is 12.8 Å². The minimum absolute atomic E-state index is 0.0169. The first kappa shape index (κ1) is 26.5. The zero-order valence-corrected chi connectivity index (χ0v) is 25.4. The van der Waals surface area contributed by atoms with E-state index in [1.54, 1.807) is 0 Å². The van der Waals surface area contributed by atoms with Crippen molar-refractivity contribution >= 4 is 11.4 Å². The number of aliphatic imine (C=N–C) groups is 1. The summed E-state index contributed by atoms with van der Waals surface area (Å²) < 4.78 is 0. The van der Waals surface area contributed by atoms with Gasteiger partial charge in [-0.05, 0) is 95.0 Å². The molecule has 2 unspecified atom stereocenters. The van der Waals surface area contributed by atoms with E-state index in [1.165, 1.54) is 50.1 Å². The van der Waals surface area contributed by atoms with Gasteiger partial charge < -0.3 is 0 Å². The number of hydrogen-bond acceptors (Lipinski definition) is 1. The average Bonchev–Trinajstić information content (AvgIpc) is 3.27. The molecule has 0 saturated carbocycles. The molecule has 0 aliphatic heterocycles. The van der Waals surface area contributed by atoms with Crippen LogP contribution in [0.4, 0.5) is 0 Å². The van der Waals surface area contributed by atoms with Crippen LogP contribution in [0.5, 0.6) is 0 Å². The highest BCUT2D eigenvalue weighted by atomic mass is 14.8. The van der Waals surface area contributed by atoms with Crippen molar-refractivity contribution < 1.29 is 0 Å². The number of nitrogens with zero attached hydrogens (tertiary/aromatic N) is 1. The van der Waals surface area contributed by atoms with Gasteiger partial charge in [0.05, 0.1) is 5.70 Å². The zero-order chi connectivity index (χ0) is 28.7. The Morgan fingerprint density at radius 2 is 1.52 bits per heavy atom. The van der Waals surface area contributed by atoms with Crippen LogP contribution in [-0.4, -0.2) is 5.71 Å². The highest BCUT2D eigenvalue weighted by Crippen LogP contribution is 2.60. The summed E-state index contributed by atoms with van der Waals surface area (Å²) in [4.78, 5) is 4.93. The highest BCUT2D eigenvalue weighted by Gasteiger charge is 2.47. The van der Waals surface area contributed by atoms with Gasteiger partial charge in [0.1, 0.15) is 0 Å². The minimum atomic E-state index is -0.105. The number of hydrogen-bond donors (Lipinski definition) is 0. The van der Waals surface area contributed by atoms with Crippen molar-refractivity contribution in [1.82, 2.24) is 0 Å². The predicted octanol–water partition coefficient (Wildman–Crippen LogP) is 10.2. The summed E-state index contributed by atoms with van der Waals surface area (Å²) in [5.74, 6) is 0.865. The van der Waals surface area contributed by atoms with E-state index in [2.05, 4.69) is 129 Å². The van der Waals surface area contributed by atoms with Gasteiger partial charge in [0.25, 0.3) is 0 Å². The van der Waals surface area contributed by atoms with E-state index in [1.807, 2.05) is 6.07 Å². The fourth-order valence-electron chi connectivity index (χ4n) is 7.51. The highest BCUT2D eigenvalue weighted by molar-refractivity contribution is 6.01. The van der Waals surface area contributed by atoms with E-state index in [0.29, 0.717) is 11.8 Å². The third-order valence-electron chi connectivity index (χ3n) is 9.81. The first-order valence-corrected chi connectivity index (χ1v) is 14.6. The van der Waals surface area contributed by atoms with Gasteiger partial charge in [0, 0.05) is 28.0 Å². The van der Waals surface area contributed by atoms with Gasteiger partial charge in [-0.1, -0.05) is 107 Å². The number of allylic oxidation sites excluding steroid dienone is 5. The third-order valence-corrected chi connectivity index (χ3v) is 9.81. The van der Waals surface area contributed by atoms with Gasteiger partial charge >= 0.3 is 0 Å². The smallest absolute Gasteiger partial charge is 0.0633 e. The summed E-state index contributed by atoms with van der Waals surface area (Å²) in [5, 5.41) is 0. The van der Waals surface area contributed by atoms with Gasteiger partial charge in [-0.3, -0.25) is 4.99 Å². The monoisotopic (exact) mass is 523 g/mol. The van der Waals surface area contributed by atoms with E-state index in [9.17, 15) is 0 Å². The molecule has 3 aliphatic rings. The lowest BCUT2D eigenvalue weighted by molar-refractivity contribution is 0.547. The van der Waals surface area contributed by atoms with E-state index >= 15 is 0 Å². The third kappa shape index (κ3) is 3.78. The molecule has 0 aromatic heterocycles. The molecular weight excluding hydrogens is 482 g/mol. The van der Waals surface area contributed by atoms with Gasteiger partial charge in [-0.15, -0.1) is 0 Å². The minimum Gasteiger partial charge on any atom is -0.253 e. The van der Waals surface area contributed by atoms with Crippen LogP contribution in [-0.2, 0) is 10.8 Å². The van der Waals surface area contributed by atoms with Crippen LogP contribution in [0.3, 0.4) is 0 Å². The van der Waals surface area contributed by atoms with E-state index < -0.39 is 0 Å². The molecule has 3 aliphatic carbocycles. The van der Waals surface area contributed by atoms with Crippen LogP contribution in [0.2, 0.25) is 0 Å². The normalized spacial score (nSPS) is 21.6. The van der Waals surface area contributed by atoms with Gasteiger partial charge in [0.15, 0.2) is 0 Å². The summed E-state index contributed by atoms with van der Waals surface area (Å²) in [7, 11) is 0. The lowest BCUT2D eigenvalue weighted by atomic mass is 9.73. The van der Waals surface area contributed by atoms with Crippen molar-refractivity contribution in [2.45, 2.75) is 72.1 Å². The number of rotatable bonds is 4. The van der Waals surface area contributed by atoms with E-state index in [4.69, 9.17) is 4.99 Å². The molecule has 1 heteroatoms. The molecule has 0 radical (unpaired) electrons. The maximum absolute atomic E-state index is 4.93. The number of aryl methyl sites for hydroxylation is 1. The molecule has 2 atom stereocenters. The Balaban J connectivity index is 1.47. The second-order valence-corrected chi connectivity index (χ2v) is 13.3. The van der Waals surface area contributed by atoms with Gasteiger partial charge in [-0.2, -0.15) is 0 Å². The molecule has 3 aromatic carbocycles. The van der Waals surface area contributed by atoms with Crippen LogP contribution in [0.1, 0.15) is 93.3 Å². The predicted molar refractivity (Wildman–Crippen MR) is 172 cm³/mol. The van der Waals surface area contributed by atoms with Crippen molar-refractivity contribution in [1.29, 1.82) is 0 Å². The SMILES string of the molecule is C=C(C)C1=CC(C)C2C(=C1)C(C)(C)c1cc3c(cc12)C(C)(C)c1cc(C(=C)/N=C(\C)c2ccccc2)cc(C)c1-3. The molecule has 0 spiro atoms. The van der Waals surface area contributed by atoms with Crippen molar-refractivity contribution in [3.05, 3.63) is 136 Å². The molecule has 0 fully saturated rings. The Kier molecular flexibility index (Phi) is 5.90. The molecule has 1 nitrogen and oxygen atoms in total. The van der Waals surface area contributed by atoms with Crippen LogP contribution in [0.25, 0.3) is 16.8 Å². The standard InChI is InChI=1S/C39H41N/c1-22(2)28-16-23(3)36-30-20-33-31(21-32(30)38(7,8)34(36)18-28)37-24(4)17-29(19-35(37)39(33,9)10)26(6)40-25(5)27-14-12-11-13-15-27/h11-21,23,36H,1,6H2,2-5,7-10H3/b40-25+. The Morgan fingerprint density at radius 3 is 2.20 bits per heavy atom. The Morgan fingerprint density at radius 1 is 0.825 bits per heavy atom. The van der Waals surface area contributed by atoms with Gasteiger partial charge in [-0.25, -0.2) is 0 Å². The largest absolute Gasteiger partial charge is 0.253 e. The summed E-state index contributed by atoms with van der Waals surface area (Å²) in [5.41, 5.74) is 17.8. The molecule has 0 saturated heterocycles. The van der Waals surface area contributed by atoms with E-state index in [-0.39, 0.29) is 10.8 Å². The quantitative estimate of drug-likeness (QED) is 0.302. The maximum Gasteiger partial charge on any atom is 0.0633 e. The topological polar surface area (TPSA) is 12.4 Å².